The van der Waals surface area contributed by atoms with E-state index < -0.39 is 0 Å². The Bertz CT molecular complexity index is 612. The van der Waals surface area contributed by atoms with E-state index in [0.29, 0.717) is 0 Å². The third kappa shape index (κ3) is 3.61. The predicted molar refractivity (Wildman–Crippen MR) is 76.3 cm³/mol. The Morgan fingerprint density at radius 3 is 2.80 bits per heavy atom. The number of rotatable bonds is 5. The van der Waals surface area contributed by atoms with Crippen molar-refractivity contribution >= 4 is 6.21 Å². The molecule has 0 spiro atoms. The van der Waals surface area contributed by atoms with Crippen LogP contribution in [0.4, 0.5) is 0 Å². The van der Waals surface area contributed by atoms with Gasteiger partial charge in [0.15, 0.2) is 6.61 Å². The summed E-state index contributed by atoms with van der Waals surface area (Å²) in [7, 11) is 0. The van der Waals surface area contributed by atoms with Crippen LogP contribution in [0.3, 0.4) is 0 Å². The van der Waals surface area contributed by atoms with Crippen molar-refractivity contribution in [1.82, 2.24) is 9.97 Å². The molecule has 1 N–H and O–H groups in total. The summed E-state index contributed by atoms with van der Waals surface area (Å²) in [6.07, 6.45) is 3.26. The van der Waals surface area contributed by atoms with E-state index in [0.717, 1.165) is 28.2 Å². The minimum Gasteiger partial charge on any atom is -0.392 e. The van der Waals surface area contributed by atoms with Crippen molar-refractivity contribution < 1.29 is 9.94 Å². The maximum absolute atomic E-state index is 9.19. The van der Waals surface area contributed by atoms with E-state index >= 15 is 0 Å². The highest BCUT2D eigenvalue weighted by Gasteiger charge is 2.00. The molecule has 0 bridgehead atoms. The molecule has 5 nitrogen and oxygen atoms in total. The molecule has 1 aromatic carbocycles. The van der Waals surface area contributed by atoms with Gasteiger partial charge in [-0.3, -0.25) is 9.97 Å². The van der Waals surface area contributed by atoms with E-state index in [9.17, 15) is 5.11 Å². The van der Waals surface area contributed by atoms with Gasteiger partial charge in [-0.25, -0.2) is 0 Å². The minimum absolute atomic E-state index is 0.0230. The number of oxime groups is 1. The number of hydrogen-bond acceptors (Lipinski definition) is 5. The SMILES string of the molecule is Cc1ncc(CO/N=C/c2ccccc2CO)nc1C. The molecular formula is C15H17N3O2. The van der Waals surface area contributed by atoms with Gasteiger partial charge in [-0.2, -0.15) is 0 Å². The number of nitrogens with zero attached hydrogens (tertiary/aromatic N) is 3. The number of aliphatic hydroxyl groups excluding tert-OH is 1. The van der Waals surface area contributed by atoms with Crippen LogP contribution in [0.25, 0.3) is 0 Å². The molecule has 0 aliphatic rings. The monoisotopic (exact) mass is 271 g/mol. The Hall–Kier alpha value is -2.27. The molecule has 2 rings (SSSR count). The standard InChI is InChI=1S/C15H17N3O2/c1-11-12(2)18-15(8-16-11)10-20-17-7-13-5-3-4-6-14(13)9-19/h3-8,19H,9-10H2,1-2H3/b17-7+. The second kappa shape index (κ2) is 6.77. The highest BCUT2D eigenvalue weighted by Crippen LogP contribution is 2.06. The lowest BCUT2D eigenvalue weighted by Crippen LogP contribution is -1.99. The lowest BCUT2D eigenvalue weighted by atomic mass is 10.1. The summed E-state index contributed by atoms with van der Waals surface area (Å²) in [5.41, 5.74) is 4.18. The highest BCUT2D eigenvalue weighted by atomic mass is 16.6. The van der Waals surface area contributed by atoms with Gasteiger partial charge >= 0.3 is 0 Å². The van der Waals surface area contributed by atoms with Crippen molar-refractivity contribution in [2.24, 2.45) is 5.16 Å². The number of hydrogen-bond donors (Lipinski definition) is 1. The second-order valence-electron chi connectivity index (χ2n) is 4.40. The summed E-state index contributed by atoms with van der Waals surface area (Å²) in [4.78, 5) is 13.8. The number of aliphatic hydroxyl groups is 1. The molecule has 1 heterocycles. The van der Waals surface area contributed by atoms with Gasteiger partial charge in [-0.15, -0.1) is 0 Å². The molecule has 104 valence electrons. The van der Waals surface area contributed by atoms with E-state index in [1.165, 1.54) is 0 Å². The Kier molecular flexibility index (Phi) is 4.79. The van der Waals surface area contributed by atoms with Gasteiger partial charge in [0, 0.05) is 5.56 Å². The van der Waals surface area contributed by atoms with Crippen molar-refractivity contribution in [2.75, 3.05) is 0 Å². The predicted octanol–water partition coefficient (Wildman–Crippen LogP) is 2.14. The third-order valence-corrected chi connectivity index (χ3v) is 2.95. The van der Waals surface area contributed by atoms with Crippen LogP contribution < -0.4 is 0 Å². The fourth-order valence-corrected chi connectivity index (χ4v) is 1.66. The van der Waals surface area contributed by atoms with E-state index in [1.807, 2.05) is 38.1 Å². The Balaban J connectivity index is 1.95. The van der Waals surface area contributed by atoms with Crippen molar-refractivity contribution in [3.8, 4) is 0 Å². The fraction of sp³-hybridized carbons (Fsp3) is 0.267. The van der Waals surface area contributed by atoms with Crippen LogP contribution in [0, 0.1) is 13.8 Å². The van der Waals surface area contributed by atoms with Crippen molar-refractivity contribution in [2.45, 2.75) is 27.1 Å². The fourth-order valence-electron chi connectivity index (χ4n) is 1.66. The van der Waals surface area contributed by atoms with Crippen LogP contribution in [0.1, 0.15) is 28.2 Å². The number of aromatic nitrogens is 2. The van der Waals surface area contributed by atoms with Gasteiger partial charge in [0.2, 0.25) is 0 Å². The summed E-state index contributed by atoms with van der Waals surface area (Å²) in [5.74, 6) is 0. The molecule has 5 heteroatoms. The quantitative estimate of drug-likeness (QED) is 0.668. The first kappa shape index (κ1) is 14.1. The number of benzene rings is 1. The van der Waals surface area contributed by atoms with Gasteiger partial charge in [0.05, 0.1) is 36.1 Å². The average molecular weight is 271 g/mol. The number of aryl methyl sites for hydroxylation is 2. The average Bonchev–Trinajstić information content (AvgIpc) is 2.47. The van der Waals surface area contributed by atoms with Crippen molar-refractivity contribution in [3.63, 3.8) is 0 Å². The van der Waals surface area contributed by atoms with Gasteiger partial charge < -0.3 is 9.94 Å². The largest absolute Gasteiger partial charge is 0.392 e. The van der Waals surface area contributed by atoms with Gasteiger partial charge in [-0.1, -0.05) is 29.4 Å². The molecule has 0 amide bonds. The Labute approximate surface area is 118 Å². The van der Waals surface area contributed by atoms with E-state index in [2.05, 4.69) is 15.1 Å². The lowest BCUT2D eigenvalue weighted by molar-refractivity contribution is 0.129. The van der Waals surface area contributed by atoms with Gasteiger partial charge in [-0.05, 0) is 19.4 Å². The molecule has 0 unspecified atom stereocenters. The first-order valence-corrected chi connectivity index (χ1v) is 6.34. The van der Waals surface area contributed by atoms with Gasteiger partial charge in [0.25, 0.3) is 0 Å². The third-order valence-electron chi connectivity index (χ3n) is 2.95. The first-order valence-electron chi connectivity index (χ1n) is 6.34. The summed E-state index contributed by atoms with van der Waals surface area (Å²) in [6, 6.07) is 7.47. The molecular weight excluding hydrogens is 254 g/mol. The van der Waals surface area contributed by atoms with Crippen LogP contribution >= 0.6 is 0 Å². The molecule has 1 aromatic heterocycles. The highest BCUT2D eigenvalue weighted by molar-refractivity contribution is 5.81. The maximum Gasteiger partial charge on any atom is 0.160 e. The van der Waals surface area contributed by atoms with Crippen LogP contribution in [0.2, 0.25) is 0 Å². The van der Waals surface area contributed by atoms with E-state index in [1.54, 1.807) is 12.4 Å². The maximum atomic E-state index is 9.19. The topological polar surface area (TPSA) is 67.6 Å². The lowest BCUT2D eigenvalue weighted by Gasteiger charge is -2.03. The van der Waals surface area contributed by atoms with Crippen LogP contribution in [-0.2, 0) is 18.1 Å². The molecule has 0 atom stereocenters. The first-order chi connectivity index (χ1) is 9.70. The second-order valence-corrected chi connectivity index (χ2v) is 4.40. The summed E-state index contributed by atoms with van der Waals surface area (Å²) < 4.78 is 0. The molecule has 0 aliphatic heterocycles. The zero-order valence-corrected chi connectivity index (χ0v) is 11.6. The molecule has 20 heavy (non-hydrogen) atoms. The minimum atomic E-state index is -0.0230. The molecule has 2 aromatic rings. The van der Waals surface area contributed by atoms with Crippen LogP contribution in [-0.4, -0.2) is 21.3 Å². The zero-order chi connectivity index (χ0) is 14.4. The summed E-state index contributed by atoms with van der Waals surface area (Å²) in [5, 5.41) is 13.1. The Morgan fingerprint density at radius 2 is 2.05 bits per heavy atom. The summed E-state index contributed by atoms with van der Waals surface area (Å²) >= 11 is 0. The Morgan fingerprint density at radius 1 is 1.25 bits per heavy atom. The molecule has 0 saturated carbocycles. The van der Waals surface area contributed by atoms with E-state index in [-0.39, 0.29) is 13.2 Å². The zero-order valence-electron chi connectivity index (χ0n) is 11.6. The normalized spacial score (nSPS) is 10.9. The van der Waals surface area contributed by atoms with Crippen molar-refractivity contribution in [1.29, 1.82) is 0 Å². The van der Waals surface area contributed by atoms with Gasteiger partial charge in [0.1, 0.15) is 0 Å². The summed E-state index contributed by atoms with van der Waals surface area (Å²) in [6.45, 7) is 4.07. The smallest absolute Gasteiger partial charge is 0.160 e. The molecule has 0 aliphatic carbocycles. The van der Waals surface area contributed by atoms with Crippen LogP contribution in [0.5, 0.6) is 0 Å². The molecule has 0 saturated heterocycles. The van der Waals surface area contributed by atoms with Crippen molar-refractivity contribution in [3.05, 3.63) is 58.7 Å². The van der Waals surface area contributed by atoms with Crippen LogP contribution in [0.15, 0.2) is 35.6 Å². The molecule has 0 fully saturated rings. The van der Waals surface area contributed by atoms with E-state index in [4.69, 9.17) is 4.84 Å². The molecule has 0 radical (unpaired) electrons.